The quantitative estimate of drug-likeness (QED) is 0.145. The fourth-order valence-electron chi connectivity index (χ4n) is 4.66. The minimum Gasteiger partial charge on any atom is -0.134 e. The molecular formula is C32H32S2. The van der Waals surface area contributed by atoms with E-state index in [1.54, 1.807) is 0 Å². The summed E-state index contributed by atoms with van der Waals surface area (Å²) in [5.74, 6) is 6.62. The largest absolute Gasteiger partial charge is 0.134 e. The first-order valence-corrected chi connectivity index (χ1v) is 14.4. The summed E-state index contributed by atoms with van der Waals surface area (Å²) in [5, 5.41) is 2.79. The Bertz CT molecular complexity index is 1440. The Balaban J connectivity index is 1.28. The Kier molecular flexibility index (Phi) is 7.64. The van der Waals surface area contributed by atoms with Gasteiger partial charge in [-0.2, -0.15) is 0 Å². The molecule has 5 rings (SSSR count). The summed E-state index contributed by atoms with van der Waals surface area (Å²) < 4.78 is 5.64. The molecule has 172 valence electrons. The molecule has 0 saturated heterocycles. The van der Waals surface area contributed by atoms with E-state index in [2.05, 4.69) is 67.3 Å². The van der Waals surface area contributed by atoms with E-state index in [1.165, 1.54) is 92.9 Å². The molecule has 0 amide bonds. The molecule has 0 unspecified atom stereocenters. The Morgan fingerprint density at radius 3 is 1.94 bits per heavy atom. The Labute approximate surface area is 211 Å². The Morgan fingerprint density at radius 1 is 0.588 bits per heavy atom. The maximum Gasteiger partial charge on any atom is 0.0542 e. The fourth-order valence-corrected chi connectivity index (χ4v) is 7.42. The lowest BCUT2D eigenvalue weighted by molar-refractivity contribution is 0.575. The molecule has 2 heterocycles. The van der Waals surface area contributed by atoms with Gasteiger partial charge in [-0.1, -0.05) is 100 Å². The van der Waals surface area contributed by atoms with Gasteiger partial charge in [0, 0.05) is 31.3 Å². The van der Waals surface area contributed by atoms with Crippen LogP contribution in [0.1, 0.15) is 75.0 Å². The zero-order chi connectivity index (χ0) is 23.2. The molecule has 0 radical (unpaired) electrons. The van der Waals surface area contributed by atoms with E-state index in [-0.39, 0.29) is 0 Å². The van der Waals surface area contributed by atoms with Crippen LogP contribution in [-0.4, -0.2) is 0 Å². The van der Waals surface area contributed by atoms with Gasteiger partial charge in [0.25, 0.3) is 0 Å². The molecule has 5 aromatic rings. The normalized spacial score (nSPS) is 11.3. The summed E-state index contributed by atoms with van der Waals surface area (Å²) >= 11 is 3.87. The number of fused-ring (bicyclic) bond motifs is 5. The Morgan fingerprint density at radius 2 is 1.21 bits per heavy atom. The fraction of sp³-hybridized carbons (Fsp3) is 0.312. The van der Waals surface area contributed by atoms with Crippen LogP contribution in [0.5, 0.6) is 0 Å². The molecule has 0 fully saturated rings. The van der Waals surface area contributed by atoms with E-state index in [0.29, 0.717) is 0 Å². The lowest BCUT2D eigenvalue weighted by atomic mass is 10.0. The number of benzene rings is 3. The predicted molar refractivity (Wildman–Crippen MR) is 153 cm³/mol. The van der Waals surface area contributed by atoms with Crippen LogP contribution >= 0.6 is 22.7 Å². The van der Waals surface area contributed by atoms with Gasteiger partial charge in [-0.05, 0) is 48.7 Å². The van der Waals surface area contributed by atoms with Crippen molar-refractivity contribution in [2.45, 2.75) is 64.7 Å². The Hall–Kier alpha value is -2.60. The van der Waals surface area contributed by atoms with Gasteiger partial charge in [0.2, 0.25) is 0 Å². The molecule has 0 aliphatic heterocycles. The highest BCUT2D eigenvalue weighted by molar-refractivity contribution is 7.36. The van der Waals surface area contributed by atoms with Crippen molar-refractivity contribution in [3.63, 3.8) is 0 Å². The average Bonchev–Trinajstić information content (AvgIpc) is 3.40. The molecule has 0 N–H and O–H groups in total. The molecule has 3 aromatic carbocycles. The second-order valence-electron chi connectivity index (χ2n) is 9.24. The molecule has 0 aliphatic rings. The third-order valence-corrected chi connectivity index (χ3v) is 9.09. The number of rotatable bonds is 9. The van der Waals surface area contributed by atoms with Crippen LogP contribution in [0.4, 0.5) is 0 Å². The summed E-state index contributed by atoms with van der Waals surface area (Å²) in [6.07, 6.45) is 12.3. The lowest BCUT2D eigenvalue weighted by Crippen LogP contribution is -1.86. The van der Waals surface area contributed by atoms with Gasteiger partial charge in [-0.25, -0.2) is 0 Å². The van der Waals surface area contributed by atoms with Crippen LogP contribution in [0.3, 0.4) is 0 Å². The lowest BCUT2D eigenvalue weighted by Gasteiger charge is -2.03. The highest BCUT2D eigenvalue weighted by Gasteiger charge is 2.12. The first kappa shape index (κ1) is 23.2. The van der Waals surface area contributed by atoms with Gasteiger partial charge in [0.05, 0.1) is 9.40 Å². The van der Waals surface area contributed by atoms with E-state index in [9.17, 15) is 0 Å². The van der Waals surface area contributed by atoms with Gasteiger partial charge in [0.15, 0.2) is 0 Å². The molecule has 2 aromatic heterocycles. The summed E-state index contributed by atoms with van der Waals surface area (Å²) in [6, 6.07) is 24.1. The summed E-state index contributed by atoms with van der Waals surface area (Å²) in [7, 11) is 0. The smallest absolute Gasteiger partial charge is 0.0542 e. The van der Waals surface area contributed by atoms with E-state index >= 15 is 0 Å². The molecular weight excluding hydrogens is 448 g/mol. The van der Waals surface area contributed by atoms with Gasteiger partial charge >= 0.3 is 0 Å². The van der Waals surface area contributed by atoms with Crippen molar-refractivity contribution in [2.75, 3.05) is 0 Å². The van der Waals surface area contributed by atoms with Crippen LogP contribution in [0.15, 0.2) is 66.7 Å². The second kappa shape index (κ2) is 11.2. The van der Waals surface area contributed by atoms with Gasteiger partial charge in [-0.15, -0.1) is 22.7 Å². The van der Waals surface area contributed by atoms with Crippen molar-refractivity contribution in [1.82, 2.24) is 0 Å². The zero-order valence-corrected chi connectivity index (χ0v) is 21.7. The summed E-state index contributed by atoms with van der Waals surface area (Å²) in [4.78, 5) is 0. The number of aryl methyl sites for hydroxylation is 1. The van der Waals surface area contributed by atoms with Gasteiger partial charge < -0.3 is 0 Å². The van der Waals surface area contributed by atoms with Crippen molar-refractivity contribution in [3.05, 3.63) is 83.4 Å². The maximum atomic E-state index is 3.34. The van der Waals surface area contributed by atoms with E-state index in [0.717, 1.165) is 11.1 Å². The van der Waals surface area contributed by atoms with E-state index in [1.807, 2.05) is 40.9 Å². The molecule has 0 saturated carbocycles. The van der Waals surface area contributed by atoms with Crippen molar-refractivity contribution in [2.24, 2.45) is 0 Å². The van der Waals surface area contributed by atoms with E-state index in [4.69, 9.17) is 0 Å². The number of hydrogen-bond acceptors (Lipinski definition) is 2. The summed E-state index contributed by atoms with van der Waals surface area (Å²) in [5.41, 5.74) is 3.64. The minimum absolute atomic E-state index is 1.06. The third kappa shape index (κ3) is 5.38. The van der Waals surface area contributed by atoms with Crippen molar-refractivity contribution in [3.8, 4) is 11.8 Å². The first-order valence-electron chi connectivity index (χ1n) is 12.8. The number of unbranched alkanes of at least 4 members (excludes halogenated alkanes) is 7. The third-order valence-electron chi connectivity index (χ3n) is 6.59. The van der Waals surface area contributed by atoms with Crippen LogP contribution in [0, 0.1) is 11.8 Å². The number of hydrogen-bond donors (Lipinski definition) is 0. The van der Waals surface area contributed by atoms with Crippen LogP contribution < -0.4 is 0 Å². The van der Waals surface area contributed by atoms with Crippen LogP contribution in [0.25, 0.3) is 29.6 Å². The monoisotopic (exact) mass is 480 g/mol. The summed E-state index contributed by atoms with van der Waals surface area (Å²) in [6.45, 7) is 2.29. The highest BCUT2D eigenvalue weighted by Crippen LogP contribution is 2.44. The van der Waals surface area contributed by atoms with E-state index < -0.39 is 0 Å². The zero-order valence-electron chi connectivity index (χ0n) is 20.0. The van der Waals surface area contributed by atoms with Crippen molar-refractivity contribution < 1.29 is 0 Å². The molecule has 0 aliphatic carbocycles. The standard InChI is InChI=1S/C32H32S2/c1-2-3-4-5-6-7-8-10-15-25-18-20-27-29(22-25)33-32-28-21-19-26(23-30(28)34-31(27)32)17-16-24-13-11-9-12-14-24/h9,11-14,18-23H,2-8,10,15H2,1H3. The van der Waals surface area contributed by atoms with Gasteiger partial charge in [0.1, 0.15) is 0 Å². The van der Waals surface area contributed by atoms with Crippen LogP contribution in [0.2, 0.25) is 0 Å². The highest BCUT2D eigenvalue weighted by atomic mass is 32.1. The molecule has 0 spiro atoms. The molecule has 34 heavy (non-hydrogen) atoms. The van der Waals surface area contributed by atoms with Crippen molar-refractivity contribution in [1.29, 1.82) is 0 Å². The molecule has 0 atom stereocenters. The molecule has 0 nitrogen and oxygen atoms in total. The molecule has 0 bridgehead atoms. The van der Waals surface area contributed by atoms with Gasteiger partial charge in [-0.3, -0.25) is 0 Å². The average molecular weight is 481 g/mol. The van der Waals surface area contributed by atoms with Crippen LogP contribution in [-0.2, 0) is 6.42 Å². The second-order valence-corrected chi connectivity index (χ2v) is 11.3. The van der Waals surface area contributed by atoms with Crippen molar-refractivity contribution >= 4 is 52.2 Å². The topological polar surface area (TPSA) is 0 Å². The predicted octanol–water partition coefficient (Wildman–Crippen LogP) is 10.4. The first-order chi connectivity index (χ1) is 16.8. The maximum absolute atomic E-state index is 3.34. The SMILES string of the molecule is CCCCCCCCCCc1ccc2c(c1)sc1c3ccc(C#Cc4ccccc4)cc3sc21. The number of thiophene rings is 2. The minimum atomic E-state index is 1.06. The molecule has 2 heteroatoms.